The first-order valence-corrected chi connectivity index (χ1v) is 8.21. The molecule has 0 unspecified atom stereocenters. The van der Waals surface area contributed by atoms with Gasteiger partial charge in [-0.15, -0.1) is 0 Å². The number of nitrogens with zero attached hydrogens (tertiary/aromatic N) is 1. The topological polar surface area (TPSA) is 55.8 Å². The average Bonchev–Trinajstić information content (AvgIpc) is 2.65. The van der Waals surface area contributed by atoms with E-state index in [0.717, 1.165) is 36.7 Å². The van der Waals surface area contributed by atoms with Gasteiger partial charge in [-0.05, 0) is 42.2 Å². The van der Waals surface area contributed by atoms with Gasteiger partial charge in [-0.1, -0.05) is 24.3 Å². The third-order valence-electron chi connectivity index (χ3n) is 4.31. The number of amides is 1. The van der Waals surface area contributed by atoms with Crippen molar-refractivity contribution < 1.29 is 19.1 Å². The van der Waals surface area contributed by atoms with E-state index in [2.05, 4.69) is 0 Å². The summed E-state index contributed by atoms with van der Waals surface area (Å²) in [7, 11) is 1.33. The molecule has 1 aliphatic rings. The van der Waals surface area contributed by atoms with Gasteiger partial charge in [-0.2, -0.15) is 0 Å². The summed E-state index contributed by atoms with van der Waals surface area (Å²) >= 11 is 0. The third-order valence-corrected chi connectivity index (χ3v) is 4.31. The number of fused-ring (bicyclic) bond motifs is 1. The molecule has 24 heavy (non-hydrogen) atoms. The monoisotopic (exact) mass is 327 g/mol. The molecule has 0 aromatic heterocycles. The Morgan fingerprint density at radius 2 is 1.71 bits per heavy atom. The van der Waals surface area contributed by atoms with Crippen molar-refractivity contribution in [3.05, 3.63) is 42.0 Å². The van der Waals surface area contributed by atoms with Crippen LogP contribution >= 0.6 is 0 Å². The number of likely N-dealkylation sites (tertiary alicyclic amines) is 1. The van der Waals surface area contributed by atoms with Gasteiger partial charge in [0.05, 0.1) is 7.11 Å². The second-order valence-corrected chi connectivity index (χ2v) is 5.92. The molecule has 126 valence electrons. The lowest BCUT2D eigenvalue weighted by Gasteiger charge is -2.26. The van der Waals surface area contributed by atoms with Crippen LogP contribution in [0, 0.1) is 0 Å². The van der Waals surface area contributed by atoms with E-state index in [4.69, 9.17) is 9.47 Å². The van der Waals surface area contributed by atoms with Crippen molar-refractivity contribution in [3.8, 4) is 5.75 Å². The standard InChI is InChI=1S/C19H21NO4/c1-23-19(22)16-11-14-7-3-4-8-15(14)12-17(16)24-13-18(21)20-9-5-2-6-10-20/h3-4,7-8,11-12H,2,5-6,9-10,13H2,1H3. The zero-order valence-corrected chi connectivity index (χ0v) is 13.8. The summed E-state index contributed by atoms with van der Waals surface area (Å²) in [6.45, 7) is 1.50. The molecular formula is C19H21NO4. The molecule has 0 saturated carbocycles. The molecule has 0 bridgehead atoms. The molecule has 0 N–H and O–H groups in total. The Morgan fingerprint density at radius 3 is 2.38 bits per heavy atom. The van der Waals surface area contributed by atoms with Gasteiger partial charge in [0.1, 0.15) is 11.3 Å². The number of esters is 1. The maximum atomic E-state index is 12.3. The van der Waals surface area contributed by atoms with Crippen molar-refractivity contribution in [2.24, 2.45) is 0 Å². The lowest BCUT2D eigenvalue weighted by atomic mass is 10.1. The van der Waals surface area contributed by atoms with Crippen LogP contribution in [0.4, 0.5) is 0 Å². The Balaban J connectivity index is 1.81. The molecule has 0 spiro atoms. The van der Waals surface area contributed by atoms with E-state index in [9.17, 15) is 9.59 Å². The zero-order chi connectivity index (χ0) is 16.9. The van der Waals surface area contributed by atoms with Gasteiger partial charge in [0.2, 0.25) is 0 Å². The molecule has 2 aromatic rings. The second kappa shape index (κ2) is 7.34. The van der Waals surface area contributed by atoms with Crippen molar-refractivity contribution in [2.45, 2.75) is 19.3 Å². The summed E-state index contributed by atoms with van der Waals surface area (Å²) in [5.74, 6) is -0.134. The van der Waals surface area contributed by atoms with E-state index in [1.54, 1.807) is 12.1 Å². The van der Waals surface area contributed by atoms with Crippen LogP contribution in [-0.2, 0) is 9.53 Å². The molecule has 2 aromatic carbocycles. The molecule has 1 amide bonds. The van der Waals surface area contributed by atoms with Crippen LogP contribution in [-0.4, -0.2) is 43.6 Å². The average molecular weight is 327 g/mol. The SMILES string of the molecule is COC(=O)c1cc2ccccc2cc1OCC(=O)N1CCCCC1. The summed E-state index contributed by atoms with van der Waals surface area (Å²) in [5, 5.41) is 1.87. The fourth-order valence-electron chi connectivity index (χ4n) is 2.98. The molecule has 3 rings (SSSR count). The van der Waals surface area contributed by atoms with Crippen LogP contribution in [0.25, 0.3) is 10.8 Å². The van der Waals surface area contributed by atoms with Crippen LogP contribution in [0.3, 0.4) is 0 Å². The molecule has 1 aliphatic heterocycles. The molecule has 0 aliphatic carbocycles. The summed E-state index contributed by atoms with van der Waals surface area (Å²) < 4.78 is 10.5. The molecule has 5 nitrogen and oxygen atoms in total. The number of rotatable bonds is 4. The van der Waals surface area contributed by atoms with Crippen molar-refractivity contribution >= 4 is 22.6 Å². The molecule has 1 saturated heterocycles. The highest BCUT2D eigenvalue weighted by atomic mass is 16.5. The van der Waals surface area contributed by atoms with Crippen molar-refractivity contribution in [3.63, 3.8) is 0 Å². The lowest BCUT2D eigenvalue weighted by Crippen LogP contribution is -2.38. The third kappa shape index (κ3) is 3.50. The minimum atomic E-state index is -0.471. The van der Waals surface area contributed by atoms with Gasteiger partial charge in [0.25, 0.3) is 5.91 Å². The number of benzene rings is 2. The Morgan fingerprint density at radius 1 is 1.04 bits per heavy atom. The predicted molar refractivity (Wildman–Crippen MR) is 91.2 cm³/mol. The maximum absolute atomic E-state index is 12.3. The quantitative estimate of drug-likeness (QED) is 0.810. The molecule has 5 heteroatoms. The Bertz CT molecular complexity index is 750. The Labute approximate surface area is 141 Å². The summed E-state index contributed by atoms with van der Waals surface area (Å²) in [4.78, 5) is 26.1. The smallest absolute Gasteiger partial charge is 0.341 e. The highest BCUT2D eigenvalue weighted by Crippen LogP contribution is 2.27. The summed E-state index contributed by atoms with van der Waals surface area (Å²) in [5.41, 5.74) is 0.336. The Kier molecular flexibility index (Phi) is 4.99. The van der Waals surface area contributed by atoms with Gasteiger partial charge >= 0.3 is 5.97 Å². The molecule has 0 radical (unpaired) electrons. The number of hydrogen-bond acceptors (Lipinski definition) is 4. The first-order chi connectivity index (χ1) is 11.7. The van der Waals surface area contributed by atoms with Gasteiger partial charge in [-0.3, -0.25) is 4.79 Å². The molecule has 0 atom stereocenters. The first kappa shape index (κ1) is 16.3. The van der Waals surface area contributed by atoms with Crippen molar-refractivity contribution in [1.82, 2.24) is 4.90 Å². The van der Waals surface area contributed by atoms with Crippen molar-refractivity contribution in [1.29, 1.82) is 0 Å². The van der Waals surface area contributed by atoms with E-state index in [0.29, 0.717) is 11.3 Å². The fourth-order valence-corrected chi connectivity index (χ4v) is 2.98. The minimum Gasteiger partial charge on any atom is -0.483 e. The van der Waals surface area contributed by atoms with Crippen LogP contribution in [0.5, 0.6) is 5.75 Å². The van der Waals surface area contributed by atoms with Crippen LogP contribution < -0.4 is 4.74 Å². The number of carbonyl (C=O) groups excluding carboxylic acids is 2. The minimum absolute atomic E-state index is 0.0429. The number of hydrogen-bond donors (Lipinski definition) is 0. The van der Waals surface area contributed by atoms with E-state index >= 15 is 0 Å². The largest absolute Gasteiger partial charge is 0.483 e. The fraction of sp³-hybridized carbons (Fsp3) is 0.368. The highest BCUT2D eigenvalue weighted by molar-refractivity contribution is 5.98. The Hall–Kier alpha value is -2.56. The van der Waals surface area contributed by atoms with Crippen LogP contribution in [0.15, 0.2) is 36.4 Å². The number of ether oxygens (including phenoxy) is 2. The number of methoxy groups -OCH3 is 1. The van der Waals surface area contributed by atoms with Crippen molar-refractivity contribution in [2.75, 3.05) is 26.8 Å². The van der Waals surface area contributed by atoms with Gasteiger partial charge in [-0.25, -0.2) is 4.79 Å². The van der Waals surface area contributed by atoms with Gasteiger partial charge < -0.3 is 14.4 Å². The molecular weight excluding hydrogens is 306 g/mol. The summed E-state index contributed by atoms with van der Waals surface area (Å²) in [6.07, 6.45) is 3.24. The first-order valence-electron chi connectivity index (χ1n) is 8.21. The number of piperidine rings is 1. The normalized spacial score (nSPS) is 14.5. The van der Waals surface area contributed by atoms with Gasteiger partial charge in [0, 0.05) is 13.1 Å². The highest BCUT2D eigenvalue weighted by Gasteiger charge is 2.19. The molecule has 1 heterocycles. The zero-order valence-electron chi connectivity index (χ0n) is 13.8. The lowest BCUT2D eigenvalue weighted by molar-refractivity contribution is -0.134. The van der Waals surface area contributed by atoms with Gasteiger partial charge in [0.15, 0.2) is 6.61 Å². The predicted octanol–water partition coefficient (Wildman–Crippen LogP) is 3.02. The van der Waals surface area contributed by atoms with Crippen LogP contribution in [0.1, 0.15) is 29.6 Å². The number of carbonyl (C=O) groups is 2. The van der Waals surface area contributed by atoms with E-state index in [-0.39, 0.29) is 12.5 Å². The van der Waals surface area contributed by atoms with E-state index in [1.165, 1.54) is 13.5 Å². The van der Waals surface area contributed by atoms with Crippen LogP contribution in [0.2, 0.25) is 0 Å². The summed E-state index contributed by atoms with van der Waals surface area (Å²) in [6, 6.07) is 11.2. The maximum Gasteiger partial charge on any atom is 0.341 e. The van der Waals surface area contributed by atoms with E-state index in [1.807, 2.05) is 29.2 Å². The molecule has 1 fully saturated rings. The van der Waals surface area contributed by atoms with E-state index < -0.39 is 5.97 Å². The second-order valence-electron chi connectivity index (χ2n) is 5.92.